The van der Waals surface area contributed by atoms with E-state index in [0.717, 1.165) is 11.2 Å². The fraction of sp³-hybridized carbons (Fsp3) is 0.294. The van der Waals surface area contributed by atoms with Crippen LogP contribution in [0.1, 0.15) is 19.4 Å². The van der Waals surface area contributed by atoms with Gasteiger partial charge in [0.1, 0.15) is 17.4 Å². The molecule has 1 aromatic carbocycles. The van der Waals surface area contributed by atoms with Crippen LogP contribution in [0.5, 0.6) is 0 Å². The van der Waals surface area contributed by atoms with Gasteiger partial charge in [-0.25, -0.2) is 19.9 Å². The first-order valence-corrected chi connectivity index (χ1v) is 7.59. The molecule has 2 aromatic heterocycles. The van der Waals surface area contributed by atoms with Gasteiger partial charge >= 0.3 is 0 Å². The lowest BCUT2D eigenvalue weighted by atomic mass is 10.2. The van der Waals surface area contributed by atoms with E-state index in [4.69, 9.17) is 0 Å². The lowest BCUT2D eigenvalue weighted by Gasteiger charge is -2.21. The lowest BCUT2D eigenvalue weighted by molar-refractivity contribution is 0.731. The predicted molar refractivity (Wildman–Crippen MR) is 93.1 cm³/mol. The van der Waals surface area contributed by atoms with Crippen LogP contribution in [-0.4, -0.2) is 33.0 Å². The minimum absolute atomic E-state index is 0.310. The molecule has 6 nitrogen and oxygen atoms in total. The predicted octanol–water partition coefficient (Wildman–Crippen LogP) is 3.32. The molecule has 6 heteroatoms. The average Bonchev–Trinajstić information content (AvgIpc) is 2.54. The van der Waals surface area contributed by atoms with Crippen molar-refractivity contribution < 1.29 is 0 Å². The summed E-state index contributed by atoms with van der Waals surface area (Å²) in [6.45, 7) is 6.25. The number of nitrogens with zero attached hydrogens (tertiary/aromatic N) is 5. The van der Waals surface area contributed by atoms with Crippen molar-refractivity contribution in [2.24, 2.45) is 0 Å². The van der Waals surface area contributed by atoms with E-state index in [1.807, 2.05) is 24.1 Å². The minimum Gasteiger partial charge on any atom is -0.341 e. The molecular formula is C17H20N6. The third-order valence-corrected chi connectivity index (χ3v) is 3.74. The van der Waals surface area contributed by atoms with Crippen LogP contribution in [0, 0.1) is 6.92 Å². The van der Waals surface area contributed by atoms with Crippen LogP contribution in [0.2, 0.25) is 0 Å². The highest BCUT2D eigenvalue weighted by atomic mass is 15.2. The summed E-state index contributed by atoms with van der Waals surface area (Å²) in [5.74, 6) is 1.34. The minimum atomic E-state index is 0.310. The third-order valence-electron chi connectivity index (χ3n) is 3.74. The number of anilines is 3. The number of aryl methyl sites for hydroxylation is 1. The van der Waals surface area contributed by atoms with Crippen LogP contribution >= 0.6 is 0 Å². The fourth-order valence-corrected chi connectivity index (χ4v) is 2.20. The van der Waals surface area contributed by atoms with Gasteiger partial charge in [-0.2, -0.15) is 0 Å². The molecule has 0 radical (unpaired) electrons. The Bertz CT molecular complexity index is 830. The Morgan fingerprint density at radius 2 is 1.96 bits per heavy atom. The lowest BCUT2D eigenvalue weighted by Crippen LogP contribution is -2.27. The first-order chi connectivity index (χ1) is 11.0. The molecule has 0 aliphatic heterocycles. The Hall–Kier alpha value is -2.76. The zero-order chi connectivity index (χ0) is 16.4. The molecule has 0 unspecified atom stereocenters. The van der Waals surface area contributed by atoms with E-state index in [0.29, 0.717) is 23.3 Å². The van der Waals surface area contributed by atoms with Crippen LogP contribution in [0.3, 0.4) is 0 Å². The van der Waals surface area contributed by atoms with Crippen LogP contribution in [0.25, 0.3) is 11.0 Å². The van der Waals surface area contributed by atoms with Gasteiger partial charge in [-0.05, 0) is 38.5 Å². The van der Waals surface area contributed by atoms with Gasteiger partial charge in [0.25, 0.3) is 0 Å². The van der Waals surface area contributed by atoms with Crippen molar-refractivity contribution >= 4 is 28.5 Å². The highest BCUT2D eigenvalue weighted by Gasteiger charge is 2.12. The second-order valence-corrected chi connectivity index (χ2v) is 5.83. The summed E-state index contributed by atoms with van der Waals surface area (Å²) < 4.78 is 0. The van der Waals surface area contributed by atoms with E-state index in [-0.39, 0.29) is 0 Å². The molecule has 1 N–H and O–H groups in total. The second-order valence-electron chi connectivity index (χ2n) is 5.83. The summed E-state index contributed by atoms with van der Waals surface area (Å²) in [6.07, 6.45) is 3.26. The summed E-state index contributed by atoms with van der Waals surface area (Å²) in [6, 6.07) is 8.44. The molecule has 2 heterocycles. The molecular weight excluding hydrogens is 288 g/mol. The molecule has 3 rings (SSSR count). The molecule has 0 atom stereocenters. The van der Waals surface area contributed by atoms with Crippen molar-refractivity contribution in [1.82, 2.24) is 19.9 Å². The topological polar surface area (TPSA) is 66.8 Å². The number of hydrogen-bond donors (Lipinski definition) is 1. The Morgan fingerprint density at radius 3 is 2.70 bits per heavy atom. The summed E-state index contributed by atoms with van der Waals surface area (Å²) >= 11 is 0. The van der Waals surface area contributed by atoms with E-state index in [1.165, 1.54) is 11.9 Å². The summed E-state index contributed by atoms with van der Waals surface area (Å²) in [5, 5.41) is 3.32. The number of rotatable bonds is 4. The van der Waals surface area contributed by atoms with Crippen molar-refractivity contribution in [2.75, 3.05) is 17.3 Å². The molecule has 0 bridgehead atoms. The number of fused-ring (bicyclic) bond motifs is 1. The molecule has 0 aliphatic rings. The number of nitrogens with one attached hydrogen (secondary N) is 1. The van der Waals surface area contributed by atoms with Gasteiger partial charge in [-0.3, -0.25) is 0 Å². The Labute approximate surface area is 135 Å². The third kappa shape index (κ3) is 3.21. The Kier molecular flexibility index (Phi) is 4.06. The van der Waals surface area contributed by atoms with Crippen LogP contribution in [-0.2, 0) is 0 Å². The molecule has 3 aromatic rings. The molecule has 0 fully saturated rings. The zero-order valence-corrected chi connectivity index (χ0v) is 13.8. The molecule has 0 spiro atoms. The first-order valence-electron chi connectivity index (χ1n) is 7.59. The molecule has 0 amide bonds. The van der Waals surface area contributed by atoms with Gasteiger partial charge in [0.2, 0.25) is 5.95 Å². The molecule has 0 saturated heterocycles. The van der Waals surface area contributed by atoms with Gasteiger partial charge in [0, 0.05) is 18.8 Å². The number of benzene rings is 1. The van der Waals surface area contributed by atoms with Crippen molar-refractivity contribution in [3.8, 4) is 0 Å². The monoisotopic (exact) mass is 308 g/mol. The fourth-order valence-electron chi connectivity index (χ4n) is 2.20. The van der Waals surface area contributed by atoms with Crippen molar-refractivity contribution in [2.45, 2.75) is 26.8 Å². The quantitative estimate of drug-likeness (QED) is 0.797. The van der Waals surface area contributed by atoms with E-state index in [1.54, 1.807) is 6.20 Å². The van der Waals surface area contributed by atoms with Gasteiger partial charge in [0.05, 0.1) is 6.20 Å². The van der Waals surface area contributed by atoms with E-state index in [2.05, 4.69) is 58.2 Å². The summed E-state index contributed by atoms with van der Waals surface area (Å²) in [4.78, 5) is 19.6. The zero-order valence-electron chi connectivity index (χ0n) is 13.8. The largest absolute Gasteiger partial charge is 0.341 e. The smallest absolute Gasteiger partial charge is 0.226 e. The Balaban J connectivity index is 2.04. The summed E-state index contributed by atoms with van der Waals surface area (Å²) in [5.41, 5.74) is 3.59. The standard InChI is InChI=1S/C17H20N6/c1-11(2)23(4)17-18-9-14-15(22-17)16(20-10-19-14)21-13-7-5-6-12(3)8-13/h5-11H,1-4H3,(H,19,20,21). The van der Waals surface area contributed by atoms with E-state index in [9.17, 15) is 0 Å². The van der Waals surface area contributed by atoms with Crippen molar-refractivity contribution in [3.63, 3.8) is 0 Å². The van der Waals surface area contributed by atoms with Gasteiger partial charge in [-0.1, -0.05) is 12.1 Å². The van der Waals surface area contributed by atoms with Crippen molar-refractivity contribution in [1.29, 1.82) is 0 Å². The van der Waals surface area contributed by atoms with Gasteiger partial charge in [-0.15, -0.1) is 0 Å². The van der Waals surface area contributed by atoms with E-state index < -0.39 is 0 Å². The number of aromatic nitrogens is 4. The molecule has 0 aliphatic carbocycles. The maximum Gasteiger partial charge on any atom is 0.226 e. The highest BCUT2D eigenvalue weighted by Crippen LogP contribution is 2.23. The van der Waals surface area contributed by atoms with Crippen LogP contribution in [0.15, 0.2) is 36.8 Å². The van der Waals surface area contributed by atoms with Crippen LogP contribution in [0.4, 0.5) is 17.5 Å². The van der Waals surface area contributed by atoms with Gasteiger partial charge < -0.3 is 10.2 Å². The molecule has 0 saturated carbocycles. The number of hydrogen-bond acceptors (Lipinski definition) is 6. The maximum atomic E-state index is 4.64. The Morgan fingerprint density at radius 1 is 1.13 bits per heavy atom. The summed E-state index contributed by atoms with van der Waals surface area (Å²) in [7, 11) is 1.98. The normalized spacial score (nSPS) is 11.0. The van der Waals surface area contributed by atoms with Crippen LogP contribution < -0.4 is 10.2 Å². The van der Waals surface area contributed by atoms with E-state index >= 15 is 0 Å². The molecule has 23 heavy (non-hydrogen) atoms. The van der Waals surface area contributed by atoms with Gasteiger partial charge in [0.15, 0.2) is 5.82 Å². The first kappa shape index (κ1) is 15.1. The highest BCUT2D eigenvalue weighted by molar-refractivity contribution is 5.87. The second kappa shape index (κ2) is 6.16. The molecule has 118 valence electrons. The SMILES string of the molecule is Cc1cccc(Nc2ncnc3cnc(N(C)C(C)C)nc23)c1. The van der Waals surface area contributed by atoms with Crippen molar-refractivity contribution in [3.05, 3.63) is 42.4 Å². The maximum absolute atomic E-state index is 4.64. The average molecular weight is 308 g/mol.